The molecule has 1 N–H and O–H groups in total. The van der Waals surface area contributed by atoms with Crippen LogP contribution in [-0.2, 0) is 11.8 Å². The van der Waals surface area contributed by atoms with Gasteiger partial charge in [0.25, 0.3) is 0 Å². The van der Waals surface area contributed by atoms with Crippen molar-refractivity contribution in [2.45, 2.75) is 0 Å². The SMILES string of the molecule is Cn1cc(C=CC(=O)Nc2ccc(N=Nc3ccccc3)cc2)cn1. The highest BCUT2D eigenvalue weighted by atomic mass is 16.1. The van der Waals surface area contributed by atoms with E-state index in [4.69, 9.17) is 0 Å². The Labute approximate surface area is 145 Å². The van der Waals surface area contributed by atoms with Crippen LogP contribution in [0, 0.1) is 0 Å². The maximum Gasteiger partial charge on any atom is 0.248 e. The fourth-order valence-corrected chi connectivity index (χ4v) is 2.10. The Bertz CT molecular complexity index is 895. The van der Waals surface area contributed by atoms with Crippen molar-refractivity contribution >= 4 is 29.0 Å². The molecule has 3 aromatic rings. The van der Waals surface area contributed by atoms with Gasteiger partial charge >= 0.3 is 0 Å². The molecule has 0 radical (unpaired) electrons. The Morgan fingerprint density at radius 1 is 1.04 bits per heavy atom. The smallest absolute Gasteiger partial charge is 0.248 e. The van der Waals surface area contributed by atoms with Gasteiger partial charge in [0, 0.05) is 30.6 Å². The predicted octanol–water partition coefficient (Wildman–Crippen LogP) is 4.49. The van der Waals surface area contributed by atoms with Crippen LogP contribution >= 0.6 is 0 Å². The average Bonchev–Trinajstić information content (AvgIpc) is 3.06. The third kappa shape index (κ3) is 4.97. The van der Waals surface area contributed by atoms with Crippen LogP contribution in [0.2, 0.25) is 0 Å². The Morgan fingerprint density at radius 3 is 2.36 bits per heavy atom. The topological polar surface area (TPSA) is 71.6 Å². The van der Waals surface area contributed by atoms with Gasteiger partial charge in [0.1, 0.15) is 0 Å². The molecule has 0 unspecified atom stereocenters. The van der Waals surface area contributed by atoms with Crippen molar-refractivity contribution in [2.24, 2.45) is 17.3 Å². The molecular weight excluding hydrogens is 314 g/mol. The molecule has 6 nitrogen and oxygen atoms in total. The summed E-state index contributed by atoms with van der Waals surface area (Å²) < 4.78 is 1.68. The second-order valence-corrected chi connectivity index (χ2v) is 5.35. The Hall–Kier alpha value is -3.54. The average molecular weight is 331 g/mol. The van der Waals surface area contributed by atoms with Crippen molar-refractivity contribution in [1.29, 1.82) is 0 Å². The fourth-order valence-electron chi connectivity index (χ4n) is 2.10. The zero-order valence-corrected chi connectivity index (χ0v) is 13.7. The summed E-state index contributed by atoms with van der Waals surface area (Å²) in [6.45, 7) is 0. The molecular formula is C19H17N5O. The number of rotatable bonds is 5. The van der Waals surface area contributed by atoms with E-state index in [1.54, 1.807) is 41.2 Å². The standard InChI is InChI=1S/C19H17N5O/c1-24-14-15(13-20-24)7-12-19(25)21-16-8-10-18(11-9-16)23-22-17-5-3-2-4-6-17/h2-14H,1H3,(H,21,25). The zero-order chi connectivity index (χ0) is 17.5. The first-order valence-corrected chi connectivity index (χ1v) is 7.74. The van der Waals surface area contributed by atoms with E-state index in [1.165, 1.54) is 6.08 Å². The van der Waals surface area contributed by atoms with Gasteiger partial charge in [-0.25, -0.2) is 0 Å². The number of benzene rings is 2. The van der Waals surface area contributed by atoms with Gasteiger partial charge < -0.3 is 5.32 Å². The first kappa shape index (κ1) is 16.3. The number of anilines is 1. The Balaban J connectivity index is 1.58. The number of nitrogens with one attached hydrogen (secondary N) is 1. The van der Waals surface area contributed by atoms with Crippen LogP contribution in [0.3, 0.4) is 0 Å². The first-order valence-electron chi connectivity index (χ1n) is 7.74. The maximum absolute atomic E-state index is 11.9. The quantitative estimate of drug-likeness (QED) is 0.553. The van der Waals surface area contributed by atoms with Crippen LogP contribution in [0.5, 0.6) is 0 Å². The molecule has 25 heavy (non-hydrogen) atoms. The van der Waals surface area contributed by atoms with Gasteiger partial charge in [0.2, 0.25) is 5.91 Å². The number of amides is 1. The molecule has 1 heterocycles. The van der Waals surface area contributed by atoms with Crippen LogP contribution in [0.25, 0.3) is 6.08 Å². The van der Waals surface area contributed by atoms with E-state index >= 15 is 0 Å². The molecule has 1 aromatic heterocycles. The number of carbonyl (C=O) groups is 1. The molecule has 124 valence electrons. The van der Waals surface area contributed by atoms with E-state index < -0.39 is 0 Å². The van der Waals surface area contributed by atoms with Crippen molar-refractivity contribution in [1.82, 2.24) is 9.78 Å². The molecule has 0 saturated heterocycles. The van der Waals surface area contributed by atoms with Crippen LogP contribution < -0.4 is 5.32 Å². The van der Waals surface area contributed by atoms with Crippen molar-refractivity contribution in [3.8, 4) is 0 Å². The van der Waals surface area contributed by atoms with E-state index in [2.05, 4.69) is 20.6 Å². The number of hydrogen-bond donors (Lipinski definition) is 1. The minimum Gasteiger partial charge on any atom is -0.323 e. The van der Waals surface area contributed by atoms with Crippen LogP contribution in [0.4, 0.5) is 17.1 Å². The van der Waals surface area contributed by atoms with Crippen molar-refractivity contribution in [2.75, 3.05) is 5.32 Å². The van der Waals surface area contributed by atoms with E-state index in [0.29, 0.717) is 11.4 Å². The normalized spacial score (nSPS) is 11.2. The lowest BCUT2D eigenvalue weighted by atomic mass is 10.2. The van der Waals surface area contributed by atoms with E-state index in [0.717, 1.165) is 11.3 Å². The van der Waals surface area contributed by atoms with Gasteiger partial charge in [0.15, 0.2) is 0 Å². The zero-order valence-electron chi connectivity index (χ0n) is 13.7. The van der Waals surface area contributed by atoms with Crippen molar-refractivity contribution in [3.05, 3.63) is 78.6 Å². The summed E-state index contributed by atoms with van der Waals surface area (Å²) in [7, 11) is 1.83. The molecule has 2 aromatic carbocycles. The summed E-state index contributed by atoms with van der Waals surface area (Å²) in [5.41, 5.74) is 3.07. The lowest BCUT2D eigenvalue weighted by molar-refractivity contribution is -0.111. The minimum absolute atomic E-state index is 0.206. The van der Waals surface area contributed by atoms with Gasteiger partial charge in [-0.15, -0.1) is 0 Å². The molecule has 0 spiro atoms. The first-order chi connectivity index (χ1) is 12.2. The van der Waals surface area contributed by atoms with Gasteiger partial charge in [-0.1, -0.05) is 18.2 Å². The van der Waals surface area contributed by atoms with E-state index in [9.17, 15) is 4.79 Å². The summed E-state index contributed by atoms with van der Waals surface area (Å²) in [6, 6.07) is 16.7. The molecule has 0 atom stereocenters. The molecule has 0 aliphatic heterocycles. The van der Waals surface area contributed by atoms with Gasteiger partial charge in [-0.3, -0.25) is 9.48 Å². The van der Waals surface area contributed by atoms with Crippen molar-refractivity contribution < 1.29 is 4.79 Å². The van der Waals surface area contributed by atoms with Crippen LogP contribution in [0.1, 0.15) is 5.56 Å². The highest BCUT2D eigenvalue weighted by molar-refractivity contribution is 6.01. The number of hydrogen-bond acceptors (Lipinski definition) is 4. The molecule has 1 amide bonds. The monoisotopic (exact) mass is 331 g/mol. The summed E-state index contributed by atoms with van der Waals surface area (Å²) in [4.78, 5) is 11.9. The number of aryl methyl sites for hydroxylation is 1. The molecule has 0 aliphatic carbocycles. The number of aromatic nitrogens is 2. The lowest BCUT2D eigenvalue weighted by Crippen LogP contribution is -2.07. The van der Waals surface area contributed by atoms with Gasteiger partial charge in [-0.05, 0) is 42.5 Å². The summed E-state index contributed by atoms with van der Waals surface area (Å²) in [5, 5.41) is 15.2. The third-order valence-corrected chi connectivity index (χ3v) is 3.32. The molecule has 0 saturated carbocycles. The third-order valence-electron chi connectivity index (χ3n) is 3.32. The highest BCUT2D eigenvalue weighted by Crippen LogP contribution is 2.20. The number of nitrogens with zero attached hydrogens (tertiary/aromatic N) is 4. The summed E-state index contributed by atoms with van der Waals surface area (Å²) in [5.74, 6) is -0.206. The maximum atomic E-state index is 11.9. The van der Waals surface area contributed by atoms with Crippen molar-refractivity contribution in [3.63, 3.8) is 0 Å². The number of carbonyl (C=O) groups excluding carboxylic acids is 1. The van der Waals surface area contributed by atoms with Crippen LogP contribution in [-0.4, -0.2) is 15.7 Å². The van der Waals surface area contributed by atoms with Gasteiger partial charge in [-0.2, -0.15) is 15.3 Å². The lowest BCUT2D eigenvalue weighted by Gasteiger charge is -2.01. The molecule has 0 bridgehead atoms. The summed E-state index contributed by atoms with van der Waals surface area (Å²) in [6.07, 6.45) is 6.71. The fraction of sp³-hybridized carbons (Fsp3) is 0.0526. The Kier molecular flexibility index (Phi) is 5.11. The minimum atomic E-state index is -0.206. The molecule has 0 aliphatic rings. The number of azo groups is 1. The predicted molar refractivity (Wildman–Crippen MR) is 97.9 cm³/mol. The summed E-state index contributed by atoms with van der Waals surface area (Å²) >= 11 is 0. The van der Waals surface area contributed by atoms with Gasteiger partial charge in [0.05, 0.1) is 17.6 Å². The second kappa shape index (κ2) is 7.83. The second-order valence-electron chi connectivity index (χ2n) is 5.35. The molecule has 6 heteroatoms. The van der Waals surface area contributed by atoms with Crippen LogP contribution in [0.15, 0.2) is 83.3 Å². The van der Waals surface area contributed by atoms with E-state index in [1.807, 2.05) is 43.6 Å². The van der Waals surface area contributed by atoms with E-state index in [-0.39, 0.29) is 5.91 Å². The Morgan fingerprint density at radius 2 is 1.72 bits per heavy atom. The largest absolute Gasteiger partial charge is 0.323 e. The highest BCUT2D eigenvalue weighted by Gasteiger charge is 1.99. The molecule has 3 rings (SSSR count). The molecule has 0 fully saturated rings.